The van der Waals surface area contributed by atoms with Crippen molar-refractivity contribution in [2.45, 2.75) is 25.4 Å². The number of rotatable bonds is 6. The largest absolute Gasteiger partial charge is 0.459 e. The summed E-state index contributed by atoms with van der Waals surface area (Å²) in [5.74, 6) is 0.721. The van der Waals surface area contributed by atoms with Crippen LogP contribution in [0.15, 0.2) is 71.1 Å². The Balaban J connectivity index is 1.55. The highest BCUT2D eigenvalue weighted by atomic mass is 32.2. The first-order valence-corrected chi connectivity index (χ1v) is 11.6. The van der Waals surface area contributed by atoms with E-state index in [-0.39, 0.29) is 42.2 Å². The molecule has 0 radical (unpaired) electrons. The lowest BCUT2D eigenvalue weighted by atomic mass is 10.1. The zero-order valence-electron chi connectivity index (χ0n) is 16.3. The van der Waals surface area contributed by atoms with Crippen molar-refractivity contribution in [2.24, 2.45) is 0 Å². The first-order chi connectivity index (χ1) is 14.4. The van der Waals surface area contributed by atoms with E-state index < -0.39 is 9.84 Å². The van der Waals surface area contributed by atoms with E-state index in [0.717, 1.165) is 11.1 Å². The molecule has 30 heavy (non-hydrogen) atoms. The Hall–Kier alpha value is -2.93. The number of halogens is 1. The van der Waals surface area contributed by atoms with Gasteiger partial charge in [-0.3, -0.25) is 4.79 Å². The van der Waals surface area contributed by atoms with E-state index in [1.54, 1.807) is 29.2 Å². The number of carbonyl (C=O) groups is 1. The molecule has 1 aromatic heterocycles. The zero-order valence-corrected chi connectivity index (χ0v) is 17.1. The molecule has 2 heterocycles. The van der Waals surface area contributed by atoms with Gasteiger partial charge in [0.15, 0.2) is 9.84 Å². The Labute approximate surface area is 175 Å². The van der Waals surface area contributed by atoms with Crippen molar-refractivity contribution in [2.75, 3.05) is 11.5 Å². The van der Waals surface area contributed by atoms with Gasteiger partial charge in [0.25, 0.3) is 0 Å². The molecule has 1 fully saturated rings. The SMILES string of the molecule is O=C(Cc1ccccc1)N(Cc1ccc(-c2ccc(F)cc2)o1)[C@@H]1CCS(=O)(=O)C1. The molecule has 5 nitrogen and oxygen atoms in total. The van der Waals surface area contributed by atoms with Crippen molar-refractivity contribution in [3.8, 4) is 11.3 Å². The van der Waals surface area contributed by atoms with Gasteiger partial charge in [-0.05, 0) is 48.4 Å². The van der Waals surface area contributed by atoms with Crippen LogP contribution in [0.5, 0.6) is 0 Å². The number of nitrogens with zero attached hydrogens (tertiary/aromatic N) is 1. The minimum atomic E-state index is -3.14. The molecular weight excluding hydrogens is 405 g/mol. The summed E-state index contributed by atoms with van der Waals surface area (Å²) in [6.07, 6.45) is 0.622. The number of carbonyl (C=O) groups excluding carboxylic acids is 1. The summed E-state index contributed by atoms with van der Waals surface area (Å²) in [6.45, 7) is 0.188. The summed E-state index contributed by atoms with van der Waals surface area (Å²) in [7, 11) is -3.14. The first kappa shape index (κ1) is 20.3. The number of benzene rings is 2. The second-order valence-electron chi connectivity index (χ2n) is 7.51. The van der Waals surface area contributed by atoms with E-state index >= 15 is 0 Å². The van der Waals surface area contributed by atoms with Crippen LogP contribution < -0.4 is 0 Å². The topological polar surface area (TPSA) is 67.6 Å². The number of hydrogen-bond donors (Lipinski definition) is 0. The van der Waals surface area contributed by atoms with Gasteiger partial charge < -0.3 is 9.32 Å². The van der Waals surface area contributed by atoms with Gasteiger partial charge in [0.05, 0.1) is 24.5 Å². The molecule has 0 bridgehead atoms. The molecule has 0 spiro atoms. The van der Waals surface area contributed by atoms with Crippen molar-refractivity contribution >= 4 is 15.7 Å². The molecule has 1 saturated heterocycles. The summed E-state index contributed by atoms with van der Waals surface area (Å²) in [6, 6.07) is 18.5. The summed E-state index contributed by atoms with van der Waals surface area (Å²) in [5.41, 5.74) is 1.60. The number of hydrogen-bond acceptors (Lipinski definition) is 4. The molecule has 0 unspecified atom stereocenters. The second-order valence-corrected chi connectivity index (χ2v) is 9.74. The number of furan rings is 1. The van der Waals surface area contributed by atoms with E-state index in [1.807, 2.05) is 30.3 Å². The van der Waals surface area contributed by atoms with Crippen molar-refractivity contribution in [1.29, 1.82) is 0 Å². The van der Waals surface area contributed by atoms with Gasteiger partial charge in [-0.1, -0.05) is 30.3 Å². The fraction of sp³-hybridized carbons (Fsp3) is 0.261. The Bertz CT molecular complexity index is 1120. The summed E-state index contributed by atoms with van der Waals surface area (Å²) >= 11 is 0. The lowest BCUT2D eigenvalue weighted by Gasteiger charge is -2.27. The standard InChI is InChI=1S/C23H22FNO4S/c24-19-8-6-18(7-9-19)22-11-10-21(29-22)15-25(20-12-13-30(27,28)16-20)23(26)14-17-4-2-1-3-5-17/h1-11,20H,12-16H2/t20-/m1/s1. The summed E-state index contributed by atoms with van der Waals surface area (Å²) < 4.78 is 43.1. The van der Waals surface area contributed by atoms with Gasteiger partial charge in [-0.25, -0.2) is 12.8 Å². The lowest BCUT2D eigenvalue weighted by molar-refractivity contribution is -0.133. The van der Waals surface area contributed by atoms with Gasteiger partial charge in [0.2, 0.25) is 5.91 Å². The van der Waals surface area contributed by atoms with Crippen LogP contribution in [0.2, 0.25) is 0 Å². The molecule has 0 N–H and O–H groups in total. The van der Waals surface area contributed by atoms with E-state index in [0.29, 0.717) is 17.9 Å². The van der Waals surface area contributed by atoms with E-state index in [2.05, 4.69) is 0 Å². The van der Waals surface area contributed by atoms with Crippen molar-refractivity contribution in [3.05, 3.63) is 83.9 Å². The molecule has 156 valence electrons. The average Bonchev–Trinajstić information content (AvgIpc) is 3.33. The minimum absolute atomic E-state index is 0.0287. The maximum Gasteiger partial charge on any atom is 0.227 e. The van der Waals surface area contributed by atoms with Crippen molar-refractivity contribution < 1.29 is 22.0 Å². The predicted molar refractivity (Wildman–Crippen MR) is 112 cm³/mol. The van der Waals surface area contributed by atoms with E-state index in [1.165, 1.54) is 12.1 Å². The van der Waals surface area contributed by atoms with Crippen LogP contribution in [0.25, 0.3) is 11.3 Å². The molecule has 3 aromatic rings. The molecule has 2 aromatic carbocycles. The van der Waals surface area contributed by atoms with Crippen LogP contribution in [-0.4, -0.2) is 36.8 Å². The molecule has 0 aliphatic carbocycles. The van der Waals surface area contributed by atoms with Crippen LogP contribution in [0.4, 0.5) is 4.39 Å². The maximum atomic E-state index is 13.2. The molecule has 0 saturated carbocycles. The highest BCUT2D eigenvalue weighted by Gasteiger charge is 2.35. The first-order valence-electron chi connectivity index (χ1n) is 9.78. The summed E-state index contributed by atoms with van der Waals surface area (Å²) in [5, 5.41) is 0. The van der Waals surface area contributed by atoms with Crippen LogP contribution in [-0.2, 0) is 27.6 Å². The predicted octanol–water partition coefficient (Wildman–Crippen LogP) is 3.84. The molecule has 1 amide bonds. The van der Waals surface area contributed by atoms with E-state index in [4.69, 9.17) is 4.42 Å². The van der Waals surface area contributed by atoms with Crippen molar-refractivity contribution in [3.63, 3.8) is 0 Å². The minimum Gasteiger partial charge on any atom is -0.459 e. The second kappa shape index (κ2) is 8.44. The van der Waals surface area contributed by atoms with E-state index in [9.17, 15) is 17.6 Å². The third kappa shape index (κ3) is 4.79. The Morgan fingerprint density at radius 2 is 1.77 bits per heavy atom. The lowest BCUT2D eigenvalue weighted by Crippen LogP contribution is -2.41. The quantitative estimate of drug-likeness (QED) is 0.599. The van der Waals surface area contributed by atoms with Gasteiger partial charge in [-0.2, -0.15) is 0 Å². The fourth-order valence-corrected chi connectivity index (χ4v) is 5.44. The van der Waals surface area contributed by atoms with Gasteiger partial charge in [0, 0.05) is 11.6 Å². The normalized spacial score (nSPS) is 17.7. The highest BCUT2D eigenvalue weighted by Crippen LogP contribution is 2.26. The molecule has 1 aliphatic rings. The van der Waals surface area contributed by atoms with Crippen LogP contribution in [0.3, 0.4) is 0 Å². The monoisotopic (exact) mass is 427 g/mol. The Morgan fingerprint density at radius 3 is 2.43 bits per heavy atom. The van der Waals surface area contributed by atoms with Gasteiger partial charge in [-0.15, -0.1) is 0 Å². The zero-order chi connectivity index (χ0) is 21.1. The van der Waals surface area contributed by atoms with Crippen LogP contribution >= 0.6 is 0 Å². The fourth-order valence-electron chi connectivity index (χ4n) is 3.71. The van der Waals surface area contributed by atoms with Crippen LogP contribution in [0.1, 0.15) is 17.7 Å². The maximum absolute atomic E-state index is 13.2. The molecular formula is C23H22FNO4S. The Kier molecular flexibility index (Phi) is 5.72. The average molecular weight is 427 g/mol. The van der Waals surface area contributed by atoms with Gasteiger partial charge in [0.1, 0.15) is 17.3 Å². The highest BCUT2D eigenvalue weighted by molar-refractivity contribution is 7.91. The van der Waals surface area contributed by atoms with Gasteiger partial charge >= 0.3 is 0 Å². The van der Waals surface area contributed by atoms with Crippen LogP contribution in [0, 0.1) is 5.82 Å². The van der Waals surface area contributed by atoms with Crippen molar-refractivity contribution in [1.82, 2.24) is 4.90 Å². The Morgan fingerprint density at radius 1 is 1.03 bits per heavy atom. The molecule has 4 rings (SSSR count). The summed E-state index contributed by atoms with van der Waals surface area (Å²) in [4.78, 5) is 14.7. The third-order valence-electron chi connectivity index (χ3n) is 5.28. The third-order valence-corrected chi connectivity index (χ3v) is 7.03. The number of sulfone groups is 1. The smallest absolute Gasteiger partial charge is 0.227 e. The number of amides is 1. The molecule has 1 atom stereocenters. The molecule has 7 heteroatoms. The molecule has 1 aliphatic heterocycles.